The number of nitrogens with one attached hydrogen (secondary N) is 1. The van der Waals surface area contributed by atoms with Crippen molar-refractivity contribution in [1.29, 1.82) is 0 Å². The maximum absolute atomic E-state index is 12.4. The minimum atomic E-state index is -3.65. The Kier molecular flexibility index (Phi) is 4.20. The van der Waals surface area contributed by atoms with Gasteiger partial charge in [-0.25, -0.2) is 17.8 Å². The standard InChI is InChI=1S/C15H17N5O3S/c1-10-8-12(4-5-13(10)15-6-7-16-20(15)3)24(21,22)17-9-14-11(2)18-23-19-14/h4-8,17H,9H2,1-3H3. The highest BCUT2D eigenvalue weighted by Crippen LogP contribution is 2.25. The van der Waals surface area contributed by atoms with Gasteiger partial charge in [-0.05, 0) is 37.6 Å². The maximum Gasteiger partial charge on any atom is 0.240 e. The lowest BCUT2D eigenvalue weighted by Crippen LogP contribution is -2.24. The molecule has 3 rings (SSSR count). The van der Waals surface area contributed by atoms with E-state index in [1.54, 1.807) is 36.0 Å². The largest absolute Gasteiger partial charge is 0.268 e. The van der Waals surface area contributed by atoms with E-state index < -0.39 is 10.0 Å². The predicted molar refractivity (Wildman–Crippen MR) is 86.4 cm³/mol. The van der Waals surface area contributed by atoms with Crippen molar-refractivity contribution in [2.75, 3.05) is 0 Å². The van der Waals surface area contributed by atoms with Gasteiger partial charge in [-0.1, -0.05) is 16.4 Å². The highest BCUT2D eigenvalue weighted by molar-refractivity contribution is 7.89. The van der Waals surface area contributed by atoms with Crippen molar-refractivity contribution < 1.29 is 13.0 Å². The van der Waals surface area contributed by atoms with Gasteiger partial charge in [0.2, 0.25) is 10.0 Å². The third-order valence-corrected chi connectivity index (χ3v) is 5.18. The van der Waals surface area contributed by atoms with Crippen molar-refractivity contribution in [3.63, 3.8) is 0 Å². The van der Waals surface area contributed by atoms with Crippen molar-refractivity contribution >= 4 is 10.0 Å². The summed E-state index contributed by atoms with van der Waals surface area (Å²) in [7, 11) is -1.81. The number of hydrogen-bond acceptors (Lipinski definition) is 6. The second-order valence-electron chi connectivity index (χ2n) is 5.44. The molecule has 0 spiro atoms. The summed E-state index contributed by atoms with van der Waals surface area (Å²) in [6, 6.07) is 6.88. The smallest absolute Gasteiger partial charge is 0.240 e. The number of benzene rings is 1. The Bertz CT molecular complexity index is 975. The molecule has 9 heteroatoms. The first-order valence-electron chi connectivity index (χ1n) is 7.25. The first-order chi connectivity index (χ1) is 11.4. The molecule has 0 bridgehead atoms. The molecule has 126 valence electrons. The van der Waals surface area contributed by atoms with Crippen LogP contribution in [0.2, 0.25) is 0 Å². The van der Waals surface area contributed by atoms with Gasteiger partial charge in [-0.3, -0.25) is 4.68 Å². The van der Waals surface area contributed by atoms with Gasteiger partial charge in [0, 0.05) is 18.8 Å². The van der Waals surface area contributed by atoms with E-state index in [-0.39, 0.29) is 11.4 Å². The van der Waals surface area contributed by atoms with Gasteiger partial charge < -0.3 is 0 Å². The summed E-state index contributed by atoms with van der Waals surface area (Å²) in [5, 5.41) is 11.4. The second kappa shape index (κ2) is 6.17. The molecule has 0 unspecified atom stereocenters. The number of aromatic nitrogens is 4. The molecule has 2 heterocycles. The average molecular weight is 347 g/mol. The molecule has 0 amide bonds. The molecule has 1 aromatic carbocycles. The molecule has 8 nitrogen and oxygen atoms in total. The van der Waals surface area contributed by atoms with Gasteiger partial charge in [-0.2, -0.15) is 5.10 Å². The minimum absolute atomic E-state index is 0.0280. The molecule has 0 radical (unpaired) electrons. The fraction of sp³-hybridized carbons (Fsp3) is 0.267. The van der Waals surface area contributed by atoms with Gasteiger partial charge in [0.05, 0.1) is 17.1 Å². The summed E-state index contributed by atoms with van der Waals surface area (Å²) < 4.78 is 33.7. The highest BCUT2D eigenvalue weighted by atomic mass is 32.2. The van der Waals surface area contributed by atoms with Gasteiger partial charge in [0.25, 0.3) is 0 Å². The van der Waals surface area contributed by atoms with Crippen LogP contribution in [0.15, 0.2) is 40.0 Å². The minimum Gasteiger partial charge on any atom is -0.268 e. The van der Waals surface area contributed by atoms with Crippen molar-refractivity contribution in [2.45, 2.75) is 25.3 Å². The Morgan fingerprint density at radius 1 is 1.21 bits per heavy atom. The fourth-order valence-electron chi connectivity index (χ4n) is 2.39. The van der Waals surface area contributed by atoms with E-state index in [1.807, 2.05) is 20.0 Å². The molecule has 0 aliphatic heterocycles. The summed E-state index contributed by atoms with van der Waals surface area (Å²) in [5.41, 5.74) is 3.72. The van der Waals surface area contributed by atoms with Crippen LogP contribution in [0, 0.1) is 13.8 Å². The lowest BCUT2D eigenvalue weighted by molar-refractivity contribution is 0.301. The molecule has 0 saturated carbocycles. The molecule has 1 N–H and O–H groups in total. The summed E-state index contributed by atoms with van der Waals surface area (Å²) in [6.45, 7) is 3.60. The van der Waals surface area contributed by atoms with Crippen LogP contribution in [-0.2, 0) is 23.6 Å². The van der Waals surface area contributed by atoms with Crippen LogP contribution in [0.1, 0.15) is 17.0 Å². The van der Waals surface area contributed by atoms with E-state index in [4.69, 9.17) is 0 Å². The van der Waals surface area contributed by atoms with Crippen LogP contribution in [0.5, 0.6) is 0 Å². The zero-order valence-electron chi connectivity index (χ0n) is 13.5. The summed E-state index contributed by atoms with van der Waals surface area (Å²) in [5.74, 6) is 0. The van der Waals surface area contributed by atoms with Gasteiger partial charge in [0.15, 0.2) is 0 Å². The van der Waals surface area contributed by atoms with Crippen molar-refractivity contribution in [3.8, 4) is 11.3 Å². The van der Waals surface area contributed by atoms with E-state index >= 15 is 0 Å². The molecule has 0 fully saturated rings. The van der Waals surface area contributed by atoms with Crippen LogP contribution in [0.4, 0.5) is 0 Å². The Hall–Kier alpha value is -2.52. The SMILES string of the molecule is Cc1cc(S(=O)(=O)NCc2nonc2C)ccc1-c1ccnn1C. The topological polar surface area (TPSA) is 103 Å². The number of nitrogens with zero attached hydrogens (tertiary/aromatic N) is 4. The first-order valence-corrected chi connectivity index (χ1v) is 8.73. The van der Waals surface area contributed by atoms with E-state index in [9.17, 15) is 8.42 Å². The predicted octanol–water partition coefficient (Wildman–Crippen LogP) is 1.57. The fourth-order valence-corrected chi connectivity index (χ4v) is 3.46. The second-order valence-corrected chi connectivity index (χ2v) is 7.20. The third kappa shape index (κ3) is 3.08. The number of sulfonamides is 1. The quantitative estimate of drug-likeness (QED) is 0.751. The lowest BCUT2D eigenvalue weighted by atomic mass is 10.1. The molecular formula is C15H17N5O3S. The van der Waals surface area contributed by atoms with E-state index in [0.29, 0.717) is 11.4 Å². The van der Waals surface area contributed by atoms with Crippen LogP contribution >= 0.6 is 0 Å². The van der Waals surface area contributed by atoms with Crippen LogP contribution < -0.4 is 4.72 Å². The van der Waals surface area contributed by atoms with Crippen LogP contribution in [-0.4, -0.2) is 28.5 Å². The monoisotopic (exact) mass is 347 g/mol. The van der Waals surface area contributed by atoms with E-state index in [2.05, 4.69) is 24.8 Å². The Balaban J connectivity index is 1.85. The van der Waals surface area contributed by atoms with Crippen molar-refractivity contribution in [3.05, 3.63) is 47.4 Å². The molecule has 0 aliphatic carbocycles. The van der Waals surface area contributed by atoms with Crippen LogP contribution in [0.3, 0.4) is 0 Å². The summed E-state index contributed by atoms with van der Waals surface area (Å²) in [6.07, 6.45) is 1.70. The number of rotatable bonds is 5. The van der Waals surface area contributed by atoms with Gasteiger partial charge in [-0.15, -0.1) is 0 Å². The number of hydrogen-bond donors (Lipinski definition) is 1. The van der Waals surface area contributed by atoms with E-state index in [1.165, 1.54) is 0 Å². The molecule has 2 aromatic heterocycles. The van der Waals surface area contributed by atoms with Gasteiger partial charge in [0.1, 0.15) is 11.4 Å². The lowest BCUT2D eigenvalue weighted by Gasteiger charge is -2.10. The summed E-state index contributed by atoms with van der Waals surface area (Å²) >= 11 is 0. The normalized spacial score (nSPS) is 11.8. The van der Waals surface area contributed by atoms with Crippen molar-refractivity contribution in [1.82, 2.24) is 24.8 Å². The zero-order chi connectivity index (χ0) is 17.3. The average Bonchev–Trinajstić information content (AvgIpc) is 3.14. The molecule has 24 heavy (non-hydrogen) atoms. The highest BCUT2D eigenvalue weighted by Gasteiger charge is 2.17. The van der Waals surface area contributed by atoms with Crippen molar-refractivity contribution in [2.24, 2.45) is 7.05 Å². The zero-order valence-corrected chi connectivity index (χ0v) is 14.3. The third-order valence-electron chi connectivity index (χ3n) is 3.78. The molecule has 0 atom stereocenters. The number of aryl methyl sites for hydroxylation is 3. The maximum atomic E-state index is 12.4. The Labute approximate surface area is 139 Å². The molecular weight excluding hydrogens is 330 g/mol. The Morgan fingerprint density at radius 3 is 2.58 bits per heavy atom. The first kappa shape index (κ1) is 16.3. The molecule has 3 aromatic rings. The van der Waals surface area contributed by atoms with E-state index in [0.717, 1.165) is 16.8 Å². The summed E-state index contributed by atoms with van der Waals surface area (Å²) in [4.78, 5) is 0.194. The van der Waals surface area contributed by atoms with Gasteiger partial charge >= 0.3 is 0 Å². The molecule has 0 aliphatic rings. The Morgan fingerprint density at radius 2 is 2.00 bits per heavy atom. The van der Waals surface area contributed by atoms with Crippen LogP contribution in [0.25, 0.3) is 11.3 Å². The molecule has 0 saturated heterocycles.